The molecule has 0 bridgehead atoms. The predicted octanol–water partition coefficient (Wildman–Crippen LogP) is -2.20. The fourth-order valence-corrected chi connectivity index (χ4v) is 4.00. The van der Waals surface area contributed by atoms with Crippen LogP contribution in [0.4, 0.5) is 0 Å². The van der Waals surface area contributed by atoms with Gasteiger partial charge in [0.05, 0.1) is 12.6 Å². The molecule has 38 heavy (non-hydrogen) atoms. The third-order valence-electron chi connectivity index (χ3n) is 6.75. The van der Waals surface area contributed by atoms with Crippen LogP contribution < -0.4 is 27.4 Å². The van der Waals surface area contributed by atoms with Gasteiger partial charge in [0.25, 0.3) is 0 Å². The third kappa shape index (κ3) is 9.24. The van der Waals surface area contributed by atoms with E-state index in [1.807, 2.05) is 6.92 Å². The molecule has 0 aromatic carbocycles. The average molecular weight is 543 g/mol. The van der Waals surface area contributed by atoms with Gasteiger partial charge >= 0.3 is 5.97 Å². The van der Waals surface area contributed by atoms with E-state index in [-0.39, 0.29) is 37.6 Å². The molecule has 1 aliphatic rings. The summed E-state index contributed by atoms with van der Waals surface area (Å²) < 4.78 is 0. The van der Waals surface area contributed by atoms with E-state index in [4.69, 9.17) is 11.5 Å². The lowest BCUT2D eigenvalue weighted by Gasteiger charge is -2.32. The number of carbonyl (C=O) groups excluding carboxylic acids is 5. The molecule has 0 spiro atoms. The minimum Gasteiger partial charge on any atom is -0.480 e. The number of likely N-dealkylation sites (tertiary alicyclic amines) is 1. The first kappa shape index (κ1) is 32.8. The minimum absolute atomic E-state index is 0.197. The van der Waals surface area contributed by atoms with Gasteiger partial charge < -0.3 is 42.5 Å². The Labute approximate surface area is 222 Å². The van der Waals surface area contributed by atoms with Gasteiger partial charge in [0, 0.05) is 13.0 Å². The second-order valence-electron chi connectivity index (χ2n) is 9.98. The van der Waals surface area contributed by atoms with Crippen LogP contribution in [0.1, 0.15) is 59.8 Å². The van der Waals surface area contributed by atoms with Crippen LogP contribution in [0.25, 0.3) is 0 Å². The van der Waals surface area contributed by atoms with E-state index in [0.717, 1.165) is 0 Å². The van der Waals surface area contributed by atoms with Gasteiger partial charge in [-0.05, 0) is 31.1 Å². The van der Waals surface area contributed by atoms with Crippen molar-refractivity contribution in [1.29, 1.82) is 0 Å². The molecule has 0 saturated carbocycles. The van der Waals surface area contributed by atoms with Crippen molar-refractivity contribution in [2.24, 2.45) is 23.3 Å². The van der Waals surface area contributed by atoms with Gasteiger partial charge in [0.15, 0.2) is 0 Å². The van der Waals surface area contributed by atoms with Crippen LogP contribution in [0.5, 0.6) is 0 Å². The van der Waals surface area contributed by atoms with Crippen LogP contribution in [0, 0.1) is 11.8 Å². The van der Waals surface area contributed by atoms with E-state index in [1.54, 1.807) is 20.8 Å². The van der Waals surface area contributed by atoms with Gasteiger partial charge in [-0.25, -0.2) is 4.79 Å². The molecular weight excluding hydrogens is 500 g/mol. The number of hydrogen-bond acceptors (Lipinski definition) is 8. The Balaban J connectivity index is 3.03. The van der Waals surface area contributed by atoms with Crippen LogP contribution in [-0.2, 0) is 28.8 Å². The van der Waals surface area contributed by atoms with Crippen LogP contribution in [0.2, 0.25) is 0 Å². The van der Waals surface area contributed by atoms with E-state index < -0.39 is 72.3 Å². The fourth-order valence-electron chi connectivity index (χ4n) is 4.00. The topological polar surface area (TPSA) is 234 Å². The molecule has 14 nitrogen and oxygen atoms in total. The highest BCUT2D eigenvalue weighted by molar-refractivity contribution is 5.96. The third-order valence-corrected chi connectivity index (χ3v) is 6.75. The summed E-state index contributed by atoms with van der Waals surface area (Å²) in [6.07, 6.45) is 0.814. The second kappa shape index (κ2) is 15.2. The number of rotatable bonds is 15. The van der Waals surface area contributed by atoms with Crippen LogP contribution in [-0.4, -0.2) is 94.0 Å². The Kier molecular flexibility index (Phi) is 13.1. The number of carboxylic acid groups (broad SMARTS) is 1. The van der Waals surface area contributed by atoms with Crippen LogP contribution >= 0.6 is 0 Å². The molecule has 1 heterocycles. The lowest BCUT2D eigenvalue weighted by Crippen LogP contribution is -2.60. The summed E-state index contributed by atoms with van der Waals surface area (Å²) in [5.74, 6) is -5.27. The molecule has 5 amide bonds. The first-order chi connectivity index (χ1) is 17.7. The molecule has 1 aliphatic heterocycles. The molecule has 1 saturated heterocycles. The van der Waals surface area contributed by atoms with Crippen molar-refractivity contribution in [3.05, 3.63) is 0 Å². The number of amides is 5. The number of aliphatic hydroxyl groups excluding tert-OH is 1. The fraction of sp³-hybridized carbons (Fsp3) is 0.750. The lowest BCUT2D eigenvalue weighted by atomic mass is 9.96. The molecule has 6 atom stereocenters. The van der Waals surface area contributed by atoms with Gasteiger partial charge in [-0.1, -0.05) is 34.1 Å². The molecule has 0 unspecified atom stereocenters. The number of nitrogens with two attached hydrogens (primary N) is 2. The summed E-state index contributed by atoms with van der Waals surface area (Å²) in [5, 5.41) is 26.5. The highest BCUT2D eigenvalue weighted by atomic mass is 16.4. The number of nitrogens with zero attached hydrogens (tertiary/aromatic N) is 1. The zero-order valence-electron chi connectivity index (χ0n) is 22.4. The van der Waals surface area contributed by atoms with Crippen molar-refractivity contribution >= 4 is 35.5 Å². The summed E-state index contributed by atoms with van der Waals surface area (Å²) in [6, 6.07) is -5.64. The lowest BCUT2D eigenvalue weighted by molar-refractivity contribution is -0.145. The van der Waals surface area contributed by atoms with Gasteiger partial charge in [0.1, 0.15) is 24.2 Å². The maximum atomic E-state index is 13.5. The summed E-state index contributed by atoms with van der Waals surface area (Å²) in [6.45, 7) is 6.50. The highest BCUT2D eigenvalue weighted by Crippen LogP contribution is 2.22. The quantitative estimate of drug-likeness (QED) is 0.119. The molecule has 9 N–H and O–H groups in total. The summed E-state index contributed by atoms with van der Waals surface area (Å²) in [4.78, 5) is 75.6. The van der Waals surface area contributed by atoms with Crippen molar-refractivity contribution in [2.75, 3.05) is 13.2 Å². The SMILES string of the molecule is CC[C@H](C)[C@H](NC(=O)[C@H](CO)NC(=O)[C@@H](N)C(C)C)C(=O)N1CCC[C@H]1C(=O)N[C@@H](CCC(N)=O)C(=O)O. The number of aliphatic hydroxyl groups is 1. The Bertz CT molecular complexity index is 882. The number of nitrogens with one attached hydrogen (secondary N) is 3. The summed E-state index contributed by atoms with van der Waals surface area (Å²) in [5.41, 5.74) is 10.9. The Hall–Kier alpha value is -3.26. The largest absolute Gasteiger partial charge is 0.480 e. The Morgan fingerprint density at radius 3 is 2.13 bits per heavy atom. The van der Waals surface area contributed by atoms with Gasteiger partial charge in [0.2, 0.25) is 29.5 Å². The summed E-state index contributed by atoms with van der Waals surface area (Å²) >= 11 is 0. The minimum atomic E-state index is -1.36. The van der Waals surface area contributed by atoms with Crippen LogP contribution in [0.15, 0.2) is 0 Å². The van der Waals surface area contributed by atoms with E-state index in [2.05, 4.69) is 16.0 Å². The molecule has 0 aromatic heterocycles. The molecule has 1 fully saturated rings. The second-order valence-corrected chi connectivity index (χ2v) is 9.98. The predicted molar refractivity (Wildman–Crippen MR) is 136 cm³/mol. The smallest absolute Gasteiger partial charge is 0.326 e. The molecule has 1 rings (SSSR count). The molecule has 14 heteroatoms. The van der Waals surface area contributed by atoms with E-state index in [0.29, 0.717) is 12.8 Å². The first-order valence-corrected chi connectivity index (χ1v) is 12.8. The average Bonchev–Trinajstić information content (AvgIpc) is 3.36. The zero-order chi connectivity index (χ0) is 29.2. The van der Waals surface area contributed by atoms with Gasteiger partial charge in [-0.3, -0.25) is 24.0 Å². The Morgan fingerprint density at radius 1 is 1.00 bits per heavy atom. The Morgan fingerprint density at radius 2 is 1.63 bits per heavy atom. The first-order valence-electron chi connectivity index (χ1n) is 12.8. The molecular formula is C24H42N6O8. The van der Waals surface area contributed by atoms with Crippen molar-refractivity contribution in [3.63, 3.8) is 0 Å². The van der Waals surface area contributed by atoms with E-state index in [1.165, 1.54) is 4.90 Å². The molecule has 0 aliphatic carbocycles. The zero-order valence-corrected chi connectivity index (χ0v) is 22.4. The van der Waals surface area contributed by atoms with Gasteiger partial charge in [-0.2, -0.15) is 0 Å². The van der Waals surface area contributed by atoms with Crippen molar-refractivity contribution < 1.29 is 39.0 Å². The standard InChI is InChI=1S/C24H42N6O8/c1-5-13(4)19(29-20(33)15(11-31)28-22(35)18(26)12(2)3)23(36)30-10-6-7-16(30)21(34)27-14(24(37)38)8-9-17(25)32/h12-16,18-19,31H,5-11,26H2,1-4H3,(H2,25,32)(H,27,34)(H,28,35)(H,29,33)(H,37,38)/t13-,14-,15-,16-,18-,19-/m0/s1. The van der Waals surface area contributed by atoms with Crippen molar-refractivity contribution in [2.45, 2.75) is 90.0 Å². The number of primary amides is 1. The molecule has 216 valence electrons. The number of hydrogen-bond donors (Lipinski definition) is 7. The van der Waals surface area contributed by atoms with E-state index in [9.17, 15) is 39.0 Å². The monoisotopic (exact) mass is 542 g/mol. The van der Waals surface area contributed by atoms with Crippen LogP contribution in [0.3, 0.4) is 0 Å². The number of carboxylic acids is 1. The van der Waals surface area contributed by atoms with Crippen molar-refractivity contribution in [1.82, 2.24) is 20.9 Å². The summed E-state index contributed by atoms with van der Waals surface area (Å²) in [7, 11) is 0. The van der Waals surface area contributed by atoms with Gasteiger partial charge in [-0.15, -0.1) is 0 Å². The van der Waals surface area contributed by atoms with Crippen molar-refractivity contribution in [3.8, 4) is 0 Å². The molecule has 0 radical (unpaired) electrons. The maximum absolute atomic E-state index is 13.5. The number of carbonyl (C=O) groups is 6. The van der Waals surface area contributed by atoms with E-state index >= 15 is 0 Å². The number of aliphatic carboxylic acids is 1. The normalized spacial score (nSPS) is 19.1. The maximum Gasteiger partial charge on any atom is 0.326 e. The molecule has 0 aromatic rings. The highest BCUT2D eigenvalue weighted by Gasteiger charge is 2.40.